The van der Waals surface area contributed by atoms with E-state index in [1.807, 2.05) is 25.1 Å². The first-order valence-corrected chi connectivity index (χ1v) is 7.21. The van der Waals surface area contributed by atoms with E-state index in [4.69, 9.17) is 15.2 Å². The zero-order chi connectivity index (χ0) is 16.0. The Balaban J connectivity index is 0.00000441. The highest BCUT2D eigenvalue weighted by Gasteiger charge is 2.15. The topological polar surface area (TPSA) is 73.6 Å². The highest BCUT2D eigenvalue weighted by Crippen LogP contribution is 2.30. The molecule has 2 atom stereocenters. The lowest BCUT2D eigenvalue weighted by Crippen LogP contribution is -2.39. The second-order valence-electron chi connectivity index (χ2n) is 5.63. The molecule has 0 aromatic heterocycles. The fourth-order valence-corrected chi connectivity index (χ4v) is 1.76. The molecule has 0 saturated carbocycles. The summed E-state index contributed by atoms with van der Waals surface area (Å²) < 4.78 is 11.1. The summed E-state index contributed by atoms with van der Waals surface area (Å²) >= 11 is 0. The summed E-state index contributed by atoms with van der Waals surface area (Å²) in [5.41, 5.74) is 6.50. The molecular weight excluding hydrogens is 304 g/mol. The molecular formula is C16H27ClN2O3. The van der Waals surface area contributed by atoms with Crippen LogP contribution in [-0.2, 0) is 4.79 Å². The van der Waals surface area contributed by atoms with Crippen molar-refractivity contribution in [2.24, 2.45) is 11.7 Å². The van der Waals surface area contributed by atoms with Gasteiger partial charge in [-0.25, -0.2) is 0 Å². The lowest BCUT2D eigenvalue weighted by atomic mass is 10.1. The van der Waals surface area contributed by atoms with Crippen LogP contribution in [0.1, 0.15) is 39.3 Å². The number of carbonyl (C=O) groups is 1. The van der Waals surface area contributed by atoms with Crippen molar-refractivity contribution in [3.8, 4) is 11.5 Å². The summed E-state index contributed by atoms with van der Waals surface area (Å²) in [5.74, 6) is 1.64. The summed E-state index contributed by atoms with van der Waals surface area (Å²) in [4.78, 5) is 11.6. The largest absolute Gasteiger partial charge is 0.493 e. The van der Waals surface area contributed by atoms with Crippen molar-refractivity contribution in [1.29, 1.82) is 0 Å². The lowest BCUT2D eigenvalue weighted by molar-refractivity contribution is -0.122. The zero-order valence-corrected chi connectivity index (χ0v) is 14.7. The smallest absolute Gasteiger partial charge is 0.237 e. The number of carbonyl (C=O) groups excluding carboxylic acids is 1. The summed E-state index contributed by atoms with van der Waals surface area (Å²) in [5, 5.41) is 2.86. The molecule has 0 aliphatic carbocycles. The molecule has 6 heteroatoms. The van der Waals surface area contributed by atoms with Crippen LogP contribution in [0.3, 0.4) is 0 Å². The SMILES string of the molecule is COc1cc(C(C)NC(=O)C(C)N)ccc1OCC(C)C.Cl. The minimum Gasteiger partial charge on any atom is -0.493 e. The predicted octanol–water partition coefficient (Wildman–Crippen LogP) is 2.68. The van der Waals surface area contributed by atoms with Gasteiger partial charge in [0.15, 0.2) is 11.5 Å². The van der Waals surface area contributed by atoms with E-state index in [-0.39, 0.29) is 24.4 Å². The van der Waals surface area contributed by atoms with E-state index >= 15 is 0 Å². The normalized spacial score (nSPS) is 13.0. The second kappa shape index (κ2) is 9.54. The van der Waals surface area contributed by atoms with Crippen LogP contribution in [0.15, 0.2) is 18.2 Å². The number of nitrogens with one attached hydrogen (secondary N) is 1. The lowest BCUT2D eigenvalue weighted by Gasteiger charge is -2.18. The van der Waals surface area contributed by atoms with Crippen LogP contribution in [0.4, 0.5) is 0 Å². The molecule has 0 heterocycles. The number of halogens is 1. The minimum atomic E-state index is -0.525. The Bertz CT molecular complexity index is 478. The van der Waals surface area contributed by atoms with Crippen molar-refractivity contribution in [1.82, 2.24) is 5.32 Å². The molecule has 2 unspecified atom stereocenters. The Hall–Kier alpha value is -1.46. The van der Waals surface area contributed by atoms with Crippen molar-refractivity contribution in [3.05, 3.63) is 23.8 Å². The van der Waals surface area contributed by atoms with Crippen LogP contribution in [-0.4, -0.2) is 25.7 Å². The van der Waals surface area contributed by atoms with Crippen molar-refractivity contribution in [3.63, 3.8) is 0 Å². The molecule has 0 fully saturated rings. The second-order valence-corrected chi connectivity index (χ2v) is 5.63. The standard InChI is InChI=1S/C16H26N2O3.ClH/c1-10(2)9-21-14-7-6-13(8-15(14)20-5)12(4)18-16(19)11(3)17;/h6-8,10-12H,9,17H2,1-5H3,(H,18,19);1H. The van der Waals surface area contributed by atoms with Crippen molar-refractivity contribution in [2.75, 3.05) is 13.7 Å². The highest BCUT2D eigenvalue weighted by molar-refractivity contribution is 5.85. The summed E-state index contributed by atoms with van der Waals surface area (Å²) in [7, 11) is 1.60. The van der Waals surface area contributed by atoms with Crippen LogP contribution in [0.2, 0.25) is 0 Å². The van der Waals surface area contributed by atoms with Gasteiger partial charge in [-0.05, 0) is 37.5 Å². The number of hydrogen-bond acceptors (Lipinski definition) is 4. The predicted molar refractivity (Wildman–Crippen MR) is 90.8 cm³/mol. The third-order valence-electron chi connectivity index (χ3n) is 3.03. The van der Waals surface area contributed by atoms with Gasteiger partial charge in [0.05, 0.1) is 25.8 Å². The Morgan fingerprint density at radius 1 is 1.23 bits per heavy atom. The molecule has 0 spiro atoms. The van der Waals surface area contributed by atoms with Gasteiger partial charge in [0.1, 0.15) is 0 Å². The Kier molecular flexibility index (Phi) is 8.90. The maximum atomic E-state index is 11.6. The van der Waals surface area contributed by atoms with E-state index < -0.39 is 6.04 Å². The number of nitrogens with two attached hydrogens (primary N) is 1. The number of hydrogen-bond donors (Lipinski definition) is 2. The van der Waals surface area contributed by atoms with Crippen molar-refractivity contribution in [2.45, 2.75) is 39.8 Å². The molecule has 0 aliphatic rings. The van der Waals surface area contributed by atoms with Gasteiger partial charge >= 0.3 is 0 Å². The van der Waals surface area contributed by atoms with E-state index in [0.29, 0.717) is 24.0 Å². The maximum Gasteiger partial charge on any atom is 0.237 e. The first kappa shape index (κ1) is 20.5. The first-order chi connectivity index (χ1) is 9.85. The molecule has 0 radical (unpaired) electrons. The molecule has 0 saturated heterocycles. The van der Waals surface area contributed by atoms with E-state index in [0.717, 1.165) is 5.56 Å². The van der Waals surface area contributed by atoms with E-state index in [9.17, 15) is 4.79 Å². The van der Waals surface area contributed by atoms with Gasteiger partial charge in [0, 0.05) is 0 Å². The van der Waals surface area contributed by atoms with Gasteiger partial charge in [-0.3, -0.25) is 4.79 Å². The molecule has 3 N–H and O–H groups in total. The Labute approximate surface area is 139 Å². The molecule has 1 amide bonds. The third-order valence-corrected chi connectivity index (χ3v) is 3.03. The van der Waals surface area contributed by atoms with Crippen LogP contribution in [0.5, 0.6) is 11.5 Å². The van der Waals surface area contributed by atoms with Crippen molar-refractivity contribution >= 4 is 18.3 Å². The van der Waals surface area contributed by atoms with Crippen molar-refractivity contribution < 1.29 is 14.3 Å². The number of amides is 1. The Morgan fingerprint density at radius 2 is 1.86 bits per heavy atom. The average Bonchev–Trinajstić information content (AvgIpc) is 2.44. The van der Waals surface area contributed by atoms with Crippen LogP contribution < -0.4 is 20.5 Å². The van der Waals surface area contributed by atoms with E-state index in [2.05, 4.69) is 19.2 Å². The van der Waals surface area contributed by atoms with Crippen LogP contribution >= 0.6 is 12.4 Å². The number of benzene rings is 1. The van der Waals surface area contributed by atoms with Gasteiger partial charge in [0.2, 0.25) is 5.91 Å². The van der Waals surface area contributed by atoms with Crippen LogP contribution in [0, 0.1) is 5.92 Å². The fraction of sp³-hybridized carbons (Fsp3) is 0.562. The zero-order valence-electron chi connectivity index (χ0n) is 13.9. The number of rotatable bonds is 7. The van der Waals surface area contributed by atoms with E-state index in [1.165, 1.54) is 0 Å². The number of methoxy groups -OCH3 is 1. The van der Waals surface area contributed by atoms with E-state index in [1.54, 1.807) is 14.0 Å². The van der Waals surface area contributed by atoms with Gasteiger partial charge in [-0.2, -0.15) is 0 Å². The number of ether oxygens (including phenoxy) is 2. The first-order valence-electron chi connectivity index (χ1n) is 7.21. The third kappa shape index (κ3) is 6.12. The maximum absolute atomic E-state index is 11.6. The molecule has 22 heavy (non-hydrogen) atoms. The molecule has 1 aromatic rings. The Morgan fingerprint density at radius 3 is 2.36 bits per heavy atom. The minimum absolute atomic E-state index is 0. The summed E-state index contributed by atoms with van der Waals surface area (Å²) in [6.45, 7) is 8.38. The monoisotopic (exact) mass is 330 g/mol. The fourth-order valence-electron chi connectivity index (χ4n) is 1.76. The van der Waals surface area contributed by atoms with Gasteiger partial charge in [-0.15, -0.1) is 12.4 Å². The highest BCUT2D eigenvalue weighted by atomic mass is 35.5. The summed E-state index contributed by atoms with van der Waals surface area (Å²) in [6.07, 6.45) is 0. The quantitative estimate of drug-likeness (QED) is 0.806. The molecule has 1 rings (SSSR count). The van der Waals surface area contributed by atoms with Crippen LogP contribution in [0.25, 0.3) is 0 Å². The molecule has 0 aliphatic heterocycles. The van der Waals surface area contributed by atoms with Gasteiger partial charge < -0.3 is 20.5 Å². The molecule has 1 aromatic carbocycles. The molecule has 5 nitrogen and oxygen atoms in total. The average molecular weight is 331 g/mol. The van der Waals surface area contributed by atoms with Gasteiger partial charge in [-0.1, -0.05) is 19.9 Å². The summed E-state index contributed by atoms with van der Waals surface area (Å²) in [6, 6.07) is 5.00. The molecule has 0 bridgehead atoms. The van der Waals surface area contributed by atoms with Gasteiger partial charge in [0.25, 0.3) is 0 Å². The molecule has 126 valence electrons.